The van der Waals surface area contributed by atoms with Crippen molar-refractivity contribution in [2.45, 2.75) is 6.54 Å². The molecule has 1 N–H and O–H groups in total. The Morgan fingerprint density at radius 3 is 3.00 bits per heavy atom. The topological polar surface area (TPSA) is 45.2 Å². The van der Waals surface area contributed by atoms with E-state index in [4.69, 9.17) is 0 Å². The van der Waals surface area contributed by atoms with Gasteiger partial charge in [-0.15, -0.1) is 22.7 Å². The molecule has 0 saturated heterocycles. The molecule has 0 aromatic carbocycles. The van der Waals surface area contributed by atoms with Crippen LogP contribution in [0.1, 0.15) is 5.56 Å². The minimum Gasteiger partial charge on any atom is -0.301 e. The lowest BCUT2D eigenvalue weighted by atomic mass is 10.3. The van der Waals surface area contributed by atoms with Crippen LogP contribution in [0.25, 0.3) is 0 Å². The zero-order valence-corrected chi connectivity index (χ0v) is 12.9. The maximum Gasteiger partial charge on any atom is 0.240 e. The van der Waals surface area contributed by atoms with Gasteiger partial charge in [0.25, 0.3) is 0 Å². The number of rotatable bonds is 5. The van der Waals surface area contributed by atoms with Crippen LogP contribution in [0.5, 0.6) is 0 Å². The molecule has 0 radical (unpaired) electrons. The smallest absolute Gasteiger partial charge is 0.240 e. The van der Waals surface area contributed by atoms with Crippen LogP contribution in [-0.4, -0.2) is 29.4 Å². The fourth-order valence-electron chi connectivity index (χ4n) is 1.49. The predicted molar refractivity (Wildman–Crippen MR) is 79.1 cm³/mol. The number of nitrogens with one attached hydrogen (secondary N) is 1. The van der Waals surface area contributed by atoms with E-state index in [1.807, 2.05) is 17.3 Å². The number of hydrogen-bond acceptors (Lipinski definition) is 5. The normalized spacial score (nSPS) is 10.8. The second kappa shape index (κ2) is 6.42. The van der Waals surface area contributed by atoms with E-state index < -0.39 is 0 Å². The molecule has 0 bridgehead atoms. The number of halogens is 1. The summed E-state index contributed by atoms with van der Waals surface area (Å²) in [5.41, 5.74) is 1.21. The number of carbonyl (C=O) groups excluding carboxylic acids is 1. The average Bonchev–Trinajstić information content (AvgIpc) is 2.90. The van der Waals surface area contributed by atoms with E-state index in [-0.39, 0.29) is 5.91 Å². The van der Waals surface area contributed by atoms with Crippen LogP contribution in [0.3, 0.4) is 0 Å². The number of likely N-dealkylation sites (N-methyl/N-ethyl adjacent to an activating group) is 1. The summed E-state index contributed by atoms with van der Waals surface area (Å²) in [5.74, 6) is -0.0401. The fraction of sp³-hybridized carbons (Fsp3) is 0.273. The summed E-state index contributed by atoms with van der Waals surface area (Å²) in [4.78, 5) is 17.7. The number of thiophene rings is 1. The zero-order chi connectivity index (χ0) is 13.0. The van der Waals surface area contributed by atoms with Crippen molar-refractivity contribution in [3.05, 3.63) is 32.4 Å². The average molecular weight is 346 g/mol. The van der Waals surface area contributed by atoms with Crippen LogP contribution < -0.4 is 5.32 Å². The highest BCUT2D eigenvalue weighted by atomic mass is 79.9. The summed E-state index contributed by atoms with van der Waals surface area (Å²) < 4.78 is 1.11. The van der Waals surface area contributed by atoms with Gasteiger partial charge in [0.05, 0.1) is 10.3 Å². The first-order valence-electron chi connectivity index (χ1n) is 5.24. The Labute approximate surface area is 122 Å². The lowest BCUT2D eigenvalue weighted by Crippen LogP contribution is -2.29. The van der Waals surface area contributed by atoms with E-state index in [0.29, 0.717) is 11.7 Å². The second-order valence-corrected chi connectivity index (χ2v) is 7.00. The quantitative estimate of drug-likeness (QED) is 0.905. The first-order valence-corrected chi connectivity index (χ1v) is 7.79. The third-order valence-corrected chi connectivity index (χ3v) is 4.41. The van der Waals surface area contributed by atoms with Gasteiger partial charge in [0, 0.05) is 18.1 Å². The summed E-state index contributed by atoms with van der Waals surface area (Å²) in [5, 5.41) is 7.33. The minimum atomic E-state index is -0.0401. The van der Waals surface area contributed by atoms with Crippen LogP contribution >= 0.6 is 38.6 Å². The number of carbonyl (C=O) groups is 1. The number of aromatic nitrogens is 1. The lowest BCUT2D eigenvalue weighted by molar-refractivity contribution is -0.117. The molecule has 2 aromatic heterocycles. The van der Waals surface area contributed by atoms with Crippen LogP contribution in [0.2, 0.25) is 0 Å². The van der Waals surface area contributed by atoms with Crippen molar-refractivity contribution >= 4 is 49.6 Å². The van der Waals surface area contributed by atoms with Gasteiger partial charge in [-0.1, -0.05) is 0 Å². The fourth-order valence-corrected chi connectivity index (χ4v) is 3.23. The lowest BCUT2D eigenvalue weighted by Gasteiger charge is -2.14. The van der Waals surface area contributed by atoms with Gasteiger partial charge in [-0.25, -0.2) is 4.98 Å². The molecular formula is C11H12BrN3OS2. The maximum absolute atomic E-state index is 11.7. The van der Waals surface area contributed by atoms with Gasteiger partial charge in [0.15, 0.2) is 5.13 Å². The summed E-state index contributed by atoms with van der Waals surface area (Å²) in [6, 6.07) is 2.07. The number of thiazole rings is 1. The van der Waals surface area contributed by atoms with Crippen molar-refractivity contribution in [2.24, 2.45) is 0 Å². The van der Waals surface area contributed by atoms with Crippen molar-refractivity contribution in [3.63, 3.8) is 0 Å². The highest BCUT2D eigenvalue weighted by Gasteiger charge is 2.09. The Morgan fingerprint density at radius 1 is 1.56 bits per heavy atom. The van der Waals surface area contributed by atoms with E-state index in [0.717, 1.165) is 10.3 Å². The zero-order valence-electron chi connectivity index (χ0n) is 9.72. The summed E-state index contributed by atoms with van der Waals surface area (Å²) in [6.45, 7) is 1.11. The van der Waals surface area contributed by atoms with Crippen molar-refractivity contribution in [1.29, 1.82) is 0 Å². The molecule has 0 aliphatic carbocycles. The molecule has 1 amide bonds. The van der Waals surface area contributed by atoms with Crippen molar-refractivity contribution < 1.29 is 4.79 Å². The van der Waals surface area contributed by atoms with Crippen molar-refractivity contribution in [2.75, 3.05) is 18.9 Å². The Balaban J connectivity index is 1.80. The molecule has 4 nitrogen and oxygen atoms in total. The van der Waals surface area contributed by atoms with E-state index in [1.165, 1.54) is 16.9 Å². The third kappa shape index (κ3) is 4.16. The third-order valence-electron chi connectivity index (χ3n) is 2.17. The molecule has 0 aliphatic heterocycles. The molecule has 96 valence electrons. The van der Waals surface area contributed by atoms with Gasteiger partial charge >= 0.3 is 0 Å². The van der Waals surface area contributed by atoms with Gasteiger partial charge in [0.2, 0.25) is 5.91 Å². The van der Waals surface area contributed by atoms with Crippen molar-refractivity contribution in [1.82, 2.24) is 9.88 Å². The molecule has 0 unspecified atom stereocenters. The molecule has 0 spiro atoms. The molecule has 18 heavy (non-hydrogen) atoms. The summed E-state index contributed by atoms with van der Waals surface area (Å²) >= 11 is 6.50. The van der Waals surface area contributed by atoms with Gasteiger partial charge in [-0.3, -0.25) is 9.69 Å². The van der Waals surface area contributed by atoms with Gasteiger partial charge in [0.1, 0.15) is 0 Å². The Bertz CT molecular complexity index is 512. The van der Waals surface area contributed by atoms with E-state index in [1.54, 1.807) is 17.5 Å². The number of amides is 1. The van der Waals surface area contributed by atoms with Gasteiger partial charge in [-0.2, -0.15) is 0 Å². The second-order valence-electron chi connectivity index (χ2n) is 3.82. The minimum absolute atomic E-state index is 0.0401. The predicted octanol–water partition coefficient (Wildman–Crippen LogP) is 3.04. The van der Waals surface area contributed by atoms with Crippen LogP contribution in [0.4, 0.5) is 5.13 Å². The molecule has 2 aromatic rings. The molecular weight excluding hydrogens is 334 g/mol. The first-order chi connectivity index (χ1) is 8.63. The van der Waals surface area contributed by atoms with E-state index in [2.05, 4.69) is 37.7 Å². The van der Waals surface area contributed by atoms with Crippen molar-refractivity contribution in [3.8, 4) is 0 Å². The summed E-state index contributed by atoms with van der Waals surface area (Å²) in [7, 11) is 1.92. The maximum atomic E-state index is 11.7. The number of anilines is 1. The molecule has 7 heteroatoms. The first kappa shape index (κ1) is 13.7. The largest absolute Gasteiger partial charge is 0.301 e. The molecule has 0 aliphatic rings. The highest BCUT2D eigenvalue weighted by molar-refractivity contribution is 9.11. The molecule has 2 rings (SSSR count). The SMILES string of the molecule is CN(CC(=O)Nc1nccs1)Cc1csc(Br)c1. The van der Waals surface area contributed by atoms with Gasteiger partial charge in [-0.05, 0) is 40.0 Å². The van der Waals surface area contributed by atoms with Crippen LogP contribution in [0.15, 0.2) is 26.8 Å². The Kier molecular flexibility index (Phi) is 4.87. The molecule has 0 fully saturated rings. The van der Waals surface area contributed by atoms with Crippen LogP contribution in [-0.2, 0) is 11.3 Å². The van der Waals surface area contributed by atoms with Crippen LogP contribution in [0, 0.1) is 0 Å². The van der Waals surface area contributed by atoms with E-state index >= 15 is 0 Å². The molecule has 0 saturated carbocycles. The standard InChI is InChI=1S/C11H12BrN3OS2/c1-15(5-8-4-9(12)18-7-8)6-10(16)14-11-13-2-3-17-11/h2-4,7H,5-6H2,1H3,(H,13,14,16). The highest BCUT2D eigenvalue weighted by Crippen LogP contribution is 2.21. The number of hydrogen-bond donors (Lipinski definition) is 1. The summed E-state index contributed by atoms with van der Waals surface area (Å²) in [6.07, 6.45) is 1.67. The molecule has 2 heterocycles. The molecule has 0 atom stereocenters. The van der Waals surface area contributed by atoms with E-state index in [9.17, 15) is 4.79 Å². The van der Waals surface area contributed by atoms with Gasteiger partial charge < -0.3 is 5.32 Å². The Morgan fingerprint density at radius 2 is 2.39 bits per heavy atom. The Hall–Kier alpha value is -0.760. The number of nitrogens with zero attached hydrogens (tertiary/aromatic N) is 2. The monoisotopic (exact) mass is 345 g/mol.